The maximum atomic E-state index is 12.5. The van der Waals surface area contributed by atoms with Crippen LogP contribution in [0.15, 0.2) is 84.0 Å². The van der Waals surface area contributed by atoms with Gasteiger partial charge in [0.1, 0.15) is 0 Å². The van der Waals surface area contributed by atoms with Gasteiger partial charge < -0.3 is 0 Å². The van der Waals surface area contributed by atoms with E-state index in [0.29, 0.717) is 11.4 Å². The molecule has 142 valence electrons. The van der Waals surface area contributed by atoms with Crippen molar-refractivity contribution in [2.24, 2.45) is 5.10 Å². The van der Waals surface area contributed by atoms with E-state index in [1.807, 2.05) is 36.4 Å². The van der Waals surface area contributed by atoms with E-state index in [4.69, 9.17) is 16.7 Å². The summed E-state index contributed by atoms with van der Waals surface area (Å²) in [7, 11) is 0. The zero-order valence-corrected chi connectivity index (χ0v) is 16.7. The molecule has 4 heteroatoms. The quantitative estimate of drug-likeness (QED) is 0.362. The first-order valence-corrected chi connectivity index (χ1v) is 10.0. The molecule has 0 spiro atoms. The van der Waals surface area contributed by atoms with Crippen molar-refractivity contribution >= 4 is 44.8 Å². The predicted molar refractivity (Wildman–Crippen MR) is 119 cm³/mol. The Morgan fingerprint density at radius 1 is 0.931 bits per heavy atom. The molecule has 0 aromatic heterocycles. The number of halogens is 1. The van der Waals surface area contributed by atoms with Crippen LogP contribution in [0.1, 0.15) is 30.5 Å². The van der Waals surface area contributed by atoms with E-state index in [2.05, 4.69) is 42.5 Å². The number of fused-ring (bicyclic) bond motifs is 2. The van der Waals surface area contributed by atoms with Crippen molar-refractivity contribution in [3.8, 4) is 0 Å². The van der Waals surface area contributed by atoms with Crippen LogP contribution in [0.2, 0.25) is 5.02 Å². The molecule has 1 unspecified atom stereocenters. The maximum Gasteiger partial charge on any atom is 0.240 e. The lowest BCUT2D eigenvalue weighted by Crippen LogP contribution is -2.24. The molecule has 4 aromatic rings. The van der Waals surface area contributed by atoms with Crippen LogP contribution in [0.25, 0.3) is 21.5 Å². The van der Waals surface area contributed by atoms with Gasteiger partial charge in [-0.2, -0.15) is 5.10 Å². The predicted octanol–water partition coefficient (Wildman–Crippen LogP) is 6.34. The van der Waals surface area contributed by atoms with Crippen molar-refractivity contribution in [1.29, 1.82) is 0 Å². The van der Waals surface area contributed by atoms with Crippen LogP contribution in [0.4, 0.5) is 0 Å². The van der Waals surface area contributed by atoms with E-state index in [9.17, 15) is 4.79 Å². The van der Waals surface area contributed by atoms with E-state index < -0.39 is 0 Å². The number of carbonyl (C=O) groups is 1. The van der Waals surface area contributed by atoms with Crippen LogP contribution in [0.3, 0.4) is 0 Å². The lowest BCUT2D eigenvalue weighted by atomic mass is 9.89. The van der Waals surface area contributed by atoms with Gasteiger partial charge in [-0.05, 0) is 50.9 Å². The Kier molecular flexibility index (Phi) is 4.33. The Bertz CT molecular complexity index is 1220. The highest BCUT2D eigenvalue weighted by atomic mass is 35.5. The molecule has 1 aliphatic heterocycles. The van der Waals surface area contributed by atoms with Gasteiger partial charge in [-0.3, -0.25) is 4.79 Å². The van der Waals surface area contributed by atoms with Crippen molar-refractivity contribution in [1.82, 2.24) is 5.01 Å². The zero-order valence-electron chi connectivity index (χ0n) is 16.0. The second kappa shape index (κ2) is 7.02. The first-order chi connectivity index (χ1) is 14.1. The molecular weight excluding hydrogens is 380 g/mol. The molecule has 4 aromatic carbocycles. The number of nitrogens with zero attached hydrogens (tertiary/aromatic N) is 2. The van der Waals surface area contributed by atoms with Gasteiger partial charge in [0.05, 0.1) is 11.8 Å². The van der Waals surface area contributed by atoms with Gasteiger partial charge in [-0.15, -0.1) is 0 Å². The molecule has 1 amide bonds. The Morgan fingerprint density at radius 3 is 2.10 bits per heavy atom. The molecule has 1 atom stereocenters. The molecule has 3 nitrogen and oxygen atoms in total. The second-order valence-corrected chi connectivity index (χ2v) is 7.81. The van der Waals surface area contributed by atoms with E-state index in [-0.39, 0.29) is 11.9 Å². The summed E-state index contributed by atoms with van der Waals surface area (Å²) >= 11 is 6.05. The highest BCUT2D eigenvalue weighted by Gasteiger charge is 2.33. The number of hydrogen-bond donors (Lipinski definition) is 0. The standard InChI is InChI=1S/C25H19ClN2O/c1-16(29)28-24(15-23(27-28)17-10-12-20(26)13-11-17)25-21-8-4-2-6-18(21)14-19-7-3-5-9-22(19)25/h2-14,24H,15H2,1H3. The average molecular weight is 399 g/mol. The van der Waals surface area contributed by atoms with E-state index in [1.54, 1.807) is 11.9 Å². The first-order valence-electron chi connectivity index (χ1n) is 9.65. The molecule has 0 bridgehead atoms. The SMILES string of the molecule is CC(=O)N1N=C(c2ccc(Cl)cc2)CC1c1c2ccccc2cc2ccccc12. The van der Waals surface area contributed by atoms with Gasteiger partial charge in [0.25, 0.3) is 0 Å². The summed E-state index contributed by atoms with van der Waals surface area (Å²) in [6, 6.07) is 26.4. The van der Waals surface area contributed by atoms with Crippen LogP contribution in [-0.2, 0) is 4.79 Å². The number of carbonyl (C=O) groups excluding carboxylic acids is 1. The molecule has 0 radical (unpaired) electrons. The molecule has 0 saturated carbocycles. The van der Waals surface area contributed by atoms with Crippen LogP contribution in [0, 0.1) is 0 Å². The molecule has 5 rings (SSSR count). The third-order valence-electron chi connectivity index (χ3n) is 5.56. The number of rotatable bonds is 2. The maximum absolute atomic E-state index is 12.5. The van der Waals surface area contributed by atoms with Gasteiger partial charge in [0.2, 0.25) is 5.91 Å². The van der Waals surface area contributed by atoms with Crippen molar-refractivity contribution in [3.63, 3.8) is 0 Å². The Labute approximate surface area is 174 Å². The fraction of sp³-hybridized carbons (Fsp3) is 0.120. The summed E-state index contributed by atoms with van der Waals surface area (Å²) in [5, 5.41) is 11.7. The summed E-state index contributed by atoms with van der Waals surface area (Å²) < 4.78 is 0. The molecule has 29 heavy (non-hydrogen) atoms. The topological polar surface area (TPSA) is 32.7 Å². The summed E-state index contributed by atoms with van der Waals surface area (Å²) in [4.78, 5) is 12.5. The number of benzene rings is 4. The van der Waals surface area contributed by atoms with E-state index >= 15 is 0 Å². The van der Waals surface area contributed by atoms with Crippen molar-refractivity contribution in [2.45, 2.75) is 19.4 Å². The van der Waals surface area contributed by atoms with Crippen LogP contribution in [-0.4, -0.2) is 16.6 Å². The van der Waals surface area contributed by atoms with Gasteiger partial charge in [0.15, 0.2) is 0 Å². The summed E-state index contributed by atoms with van der Waals surface area (Å²) in [6.07, 6.45) is 0.666. The van der Waals surface area contributed by atoms with Gasteiger partial charge >= 0.3 is 0 Å². The number of hydrogen-bond acceptors (Lipinski definition) is 2. The number of hydrazone groups is 1. The summed E-state index contributed by atoms with van der Waals surface area (Å²) in [5.74, 6) is -0.0593. The zero-order chi connectivity index (χ0) is 20.0. The molecule has 1 heterocycles. The fourth-order valence-corrected chi connectivity index (χ4v) is 4.38. The Balaban J connectivity index is 1.71. The second-order valence-electron chi connectivity index (χ2n) is 7.37. The van der Waals surface area contributed by atoms with E-state index in [0.717, 1.165) is 27.6 Å². The highest BCUT2D eigenvalue weighted by molar-refractivity contribution is 6.30. The van der Waals surface area contributed by atoms with Gasteiger partial charge in [-0.25, -0.2) is 5.01 Å². The van der Waals surface area contributed by atoms with E-state index in [1.165, 1.54) is 10.8 Å². The largest absolute Gasteiger partial charge is 0.273 e. The molecule has 0 fully saturated rings. The third-order valence-corrected chi connectivity index (χ3v) is 5.81. The minimum atomic E-state index is -0.144. The molecule has 0 saturated heterocycles. The molecule has 0 N–H and O–H groups in total. The van der Waals surface area contributed by atoms with Crippen molar-refractivity contribution in [3.05, 3.63) is 95.0 Å². The molecule has 0 aliphatic carbocycles. The van der Waals surface area contributed by atoms with Gasteiger partial charge in [-0.1, -0.05) is 72.3 Å². The monoisotopic (exact) mass is 398 g/mol. The number of amides is 1. The molecule has 1 aliphatic rings. The first kappa shape index (κ1) is 17.9. The third kappa shape index (κ3) is 3.08. The normalized spacial score (nSPS) is 16.4. The fourth-order valence-electron chi connectivity index (χ4n) is 4.25. The minimum absolute atomic E-state index is 0.0593. The Hall–Kier alpha value is -3.17. The van der Waals surface area contributed by atoms with Crippen molar-refractivity contribution < 1.29 is 4.79 Å². The minimum Gasteiger partial charge on any atom is -0.273 e. The summed E-state index contributed by atoms with van der Waals surface area (Å²) in [6.45, 7) is 1.58. The lowest BCUT2D eigenvalue weighted by molar-refractivity contribution is -0.130. The highest BCUT2D eigenvalue weighted by Crippen LogP contribution is 2.40. The lowest BCUT2D eigenvalue weighted by Gasteiger charge is -2.24. The van der Waals surface area contributed by atoms with Crippen molar-refractivity contribution in [2.75, 3.05) is 0 Å². The van der Waals surface area contributed by atoms with Crippen LogP contribution in [0.5, 0.6) is 0 Å². The van der Waals surface area contributed by atoms with Crippen LogP contribution >= 0.6 is 11.6 Å². The van der Waals surface area contributed by atoms with Crippen LogP contribution < -0.4 is 0 Å². The van der Waals surface area contributed by atoms with Gasteiger partial charge in [0, 0.05) is 18.4 Å². The average Bonchev–Trinajstić information content (AvgIpc) is 3.18. The summed E-state index contributed by atoms with van der Waals surface area (Å²) in [5.41, 5.74) is 3.05. The molecular formula is C25H19ClN2O. The smallest absolute Gasteiger partial charge is 0.240 e. The Morgan fingerprint density at radius 2 is 1.52 bits per heavy atom.